The van der Waals surface area contributed by atoms with E-state index in [-0.39, 0.29) is 5.75 Å². The van der Waals surface area contributed by atoms with E-state index in [1.165, 1.54) is 12.1 Å². The van der Waals surface area contributed by atoms with Gasteiger partial charge in [0.2, 0.25) is 0 Å². The molecular formula is C6H3Br2N3O. The first kappa shape index (κ1) is 9.38. The average molecular weight is 293 g/mol. The molecule has 1 aromatic carbocycles. The molecule has 0 saturated carbocycles. The predicted molar refractivity (Wildman–Crippen MR) is 52.3 cm³/mol. The fraction of sp³-hybridized carbons (Fsp3) is 0. The van der Waals surface area contributed by atoms with E-state index in [2.05, 4.69) is 41.9 Å². The lowest BCUT2D eigenvalue weighted by Gasteiger charge is -2.00. The van der Waals surface area contributed by atoms with Gasteiger partial charge in [0, 0.05) is 10.6 Å². The minimum atomic E-state index is 0.0897. The van der Waals surface area contributed by atoms with Crippen molar-refractivity contribution in [1.29, 1.82) is 0 Å². The van der Waals surface area contributed by atoms with Gasteiger partial charge in [-0.15, -0.1) is 0 Å². The van der Waals surface area contributed by atoms with Crippen LogP contribution in [0.2, 0.25) is 0 Å². The van der Waals surface area contributed by atoms with Gasteiger partial charge in [-0.1, -0.05) is 5.11 Å². The number of phenolic OH excluding ortho intramolecular Hbond substituents is 1. The number of rotatable bonds is 1. The van der Waals surface area contributed by atoms with Gasteiger partial charge < -0.3 is 5.11 Å². The van der Waals surface area contributed by atoms with Gasteiger partial charge in [-0.05, 0) is 49.5 Å². The molecule has 0 heterocycles. The highest BCUT2D eigenvalue weighted by atomic mass is 79.9. The molecule has 0 radical (unpaired) electrons. The number of hydrogen-bond acceptors (Lipinski definition) is 2. The van der Waals surface area contributed by atoms with E-state index < -0.39 is 0 Å². The van der Waals surface area contributed by atoms with E-state index in [4.69, 9.17) is 5.53 Å². The zero-order valence-electron chi connectivity index (χ0n) is 5.70. The zero-order valence-corrected chi connectivity index (χ0v) is 8.87. The second kappa shape index (κ2) is 3.80. The molecule has 62 valence electrons. The normalized spacial score (nSPS) is 9.17. The maximum atomic E-state index is 9.27. The van der Waals surface area contributed by atoms with Crippen molar-refractivity contribution in [2.45, 2.75) is 0 Å². The Labute approximate surface area is 85.1 Å². The van der Waals surface area contributed by atoms with Crippen molar-refractivity contribution in [2.75, 3.05) is 0 Å². The molecule has 12 heavy (non-hydrogen) atoms. The number of phenols is 1. The standard InChI is InChI=1S/C6H3Br2N3O/c7-4-1-3(10-11-9)2-5(8)6(4)12/h1-2,12H. The Bertz CT molecular complexity index is 337. The van der Waals surface area contributed by atoms with Crippen molar-refractivity contribution in [1.82, 2.24) is 0 Å². The van der Waals surface area contributed by atoms with E-state index >= 15 is 0 Å². The summed E-state index contributed by atoms with van der Waals surface area (Å²) in [7, 11) is 0. The van der Waals surface area contributed by atoms with Crippen LogP contribution in [0.3, 0.4) is 0 Å². The Kier molecular flexibility index (Phi) is 2.97. The Morgan fingerprint density at radius 3 is 2.25 bits per heavy atom. The summed E-state index contributed by atoms with van der Waals surface area (Å²) >= 11 is 6.21. The molecule has 0 saturated heterocycles. The van der Waals surface area contributed by atoms with Crippen molar-refractivity contribution in [3.8, 4) is 5.75 Å². The van der Waals surface area contributed by atoms with Gasteiger partial charge in [-0.3, -0.25) is 0 Å². The molecule has 0 fully saturated rings. The molecule has 0 aliphatic heterocycles. The lowest BCUT2D eigenvalue weighted by atomic mass is 10.3. The first-order chi connectivity index (χ1) is 5.65. The van der Waals surface area contributed by atoms with Crippen LogP contribution in [-0.4, -0.2) is 5.11 Å². The number of aromatic hydroxyl groups is 1. The summed E-state index contributed by atoms with van der Waals surface area (Å²) in [5.41, 5.74) is 8.57. The largest absolute Gasteiger partial charge is 0.506 e. The quantitative estimate of drug-likeness (QED) is 0.476. The predicted octanol–water partition coefficient (Wildman–Crippen LogP) is 3.86. The van der Waals surface area contributed by atoms with Gasteiger partial charge in [-0.2, -0.15) is 0 Å². The molecule has 0 aliphatic rings. The summed E-state index contributed by atoms with van der Waals surface area (Å²) in [6.45, 7) is 0. The van der Waals surface area contributed by atoms with Gasteiger partial charge in [0.05, 0.1) is 8.95 Å². The van der Waals surface area contributed by atoms with E-state index in [1.807, 2.05) is 0 Å². The molecule has 4 nitrogen and oxygen atoms in total. The first-order valence-electron chi connectivity index (χ1n) is 2.88. The van der Waals surface area contributed by atoms with Crippen LogP contribution in [0, 0.1) is 0 Å². The van der Waals surface area contributed by atoms with Gasteiger partial charge in [0.25, 0.3) is 0 Å². The summed E-state index contributed by atoms with van der Waals surface area (Å²) in [5.74, 6) is 0.0897. The second-order valence-corrected chi connectivity index (χ2v) is 3.66. The van der Waals surface area contributed by atoms with Gasteiger partial charge in [-0.25, -0.2) is 0 Å². The van der Waals surface area contributed by atoms with Crippen LogP contribution in [0.25, 0.3) is 10.4 Å². The third-order valence-corrected chi connectivity index (χ3v) is 2.37. The minimum Gasteiger partial charge on any atom is -0.506 e. The highest BCUT2D eigenvalue weighted by Crippen LogP contribution is 2.36. The third-order valence-electron chi connectivity index (χ3n) is 1.16. The van der Waals surface area contributed by atoms with Crippen LogP contribution in [0.4, 0.5) is 5.69 Å². The number of azide groups is 1. The first-order valence-corrected chi connectivity index (χ1v) is 4.47. The Hall–Kier alpha value is -0.710. The van der Waals surface area contributed by atoms with Crippen LogP contribution in [0.5, 0.6) is 5.75 Å². The summed E-state index contributed by atoms with van der Waals surface area (Å²) < 4.78 is 0.971. The van der Waals surface area contributed by atoms with Crippen molar-refractivity contribution in [3.63, 3.8) is 0 Å². The van der Waals surface area contributed by atoms with Gasteiger partial charge in [0.1, 0.15) is 5.75 Å². The molecule has 0 unspecified atom stereocenters. The molecule has 0 amide bonds. The molecule has 0 spiro atoms. The Morgan fingerprint density at radius 2 is 1.83 bits per heavy atom. The number of halogens is 2. The molecule has 1 N–H and O–H groups in total. The topological polar surface area (TPSA) is 69.0 Å². The van der Waals surface area contributed by atoms with E-state index in [1.54, 1.807) is 0 Å². The van der Waals surface area contributed by atoms with Crippen LogP contribution < -0.4 is 0 Å². The van der Waals surface area contributed by atoms with Crippen LogP contribution in [-0.2, 0) is 0 Å². The number of hydrogen-bond donors (Lipinski definition) is 1. The SMILES string of the molecule is [N-]=[N+]=Nc1cc(Br)c(O)c(Br)c1. The molecule has 0 aliphatic carbocycles. The Balaban J connectivity index is 3.30. The van der Waals surface area contributed by atoms with Gasteiger partial charge in [0.15, 0.2) is 0 Å². The molecule has 1 rings (SSSR count). The fourth-order valence-electron chi connectivity index (χ4n) is 0.662. The molecule has 0 bridgehead atoms. The highest BCUT2D eigenvalue weighted by Gasteiger charge is 2.03. The molecule has 0 atom stereocenters. The highest BCUT2D eigenvalue weighted by molar-refractivity contribution is 9.11. The maximum Gasteiger partial charge on any atom is 0.143 e. The fourth-order valence-corrected chi connectivity index (χ4v) is 1.82. The lowest BCUT2D eigenvalue weighted by molar-refractivity contribution is 0.468. The smallest absolute Gasteiger partial charge is 0.143 e. The molecular weight excluding hydrogens is 290 g/mol. The molecule has 0 aromatic heterocycles. The number of benzene rings is 1. The van der Waals surface area contributed by atoms with Crippen LogP contribution in [0.15, 0.2) is 26.2 Å². The zero-order chi connectivity index (χ0) is 9.14. The van der Waals surface area contributed by atoms with Crippen molar-refractivity contribution < 1.29 is 5.11 Å². The van der Waals surface area contributed by atoms with E-state index in [0.29, 0.717) is 14.6 Å². The monoisotopic (exact) mass is 291 g/mol. The second-order valence-electron chi connectivity index (χ2n) is 1.95. The average Bonchev–Trinajstić information content (AvgIpc) is 2.01. The van der Waals surface area contributed by atoms with Crippen molar-refractivity contribution in [3.05, 3.63) is 31.5 Å². The lowest BCUT2D eigenvalue weighted by Crippen LogP contribution is -1.71. The Morgan fingerprint density at radius 1 is 1.33 bits per heavy atom. The van der Waals surface area contributed by atoms with E-state index in [0.717, 1.165) is 0 Å². The van der Waals surface area contributed by atoms with Gasteiger partial charge >= 0.3 is 0 Å². The minimum absolute atomic E-state index is 0.0897. The number of nitrogens with zero attached hydrogens (tertiary/aromatic N) is 3. The van der Waals surface area contributed by atoms with Crippen molar-refractivity contribution >= 4 is 37.5 Å². The summed E-state index contributed by atoms with van der Waals surface area (Å²) in [4.78, 5) is 2.62. The van der Waals surface area contributed by atoms with Crippen LogP contribution >= 0.6 is 31.9 Å². The van der Waals surface area contributed by atoms with Crippen LogP contribution in [0.1, 0.15) is 0 Å². The van der Waals surface area contributed by atoms with E-state index in [9.17, 15) is 5.11 Å². The van der Waals surface area contributed by atoms with Crippen molar-refractivity contribution in [2.24, 2.45) is 5.11 Å². The molecule has 1 aromatic rings. The maximum absolute atomic E-state index is 9.27. The summed E-state index contributed by atoms with van der Waals surface area (Å²) in [6, 6.07) is 3.06. The summed E-state index contributed by atoms with van der Waals surface area (Å²) in [6.07, 6.45) is 0. The summed E-state index contributed by atoms with van der Waals surface area (Å²) in [5, 5.41) is 12.6. The third kappa shape index (κ3) is 1.91. The molecule has 6 heteroatoms.